The summed E-state index contributed by atoms with van der Waals surface area (Å²) >= 11 is 0. The predicted octanol–water partition coefficient (Wildman–Crippen LogP) is 5.76. The average Bonchev–Trinajstić information content (AvgIpc) is 4.06. The zero-order chi connectivity index (χ0) is 39.5. The van der Waals surface area contributed by atoms with Gasteiger partial charge in [-0.3, -0.25) is 14.6 Å². The molecule has 0 spiro atoms. The zero-order valence-electron chi connectivity index (χ0n) is 33.2. The van der Waals surface area contributed by atoms with Crippen molar-refractivity contribution in [3.63, 3.8) is 0 Å². The smallest absolute Gasteiger partial charge is 0.407 e. The van der Waals surface area contributed by atoms with Crippen molar-refractivity contribution in [3.8, 4) is 33.6 Å². The molecular formula is C42H54N10O4. The summed E-state index contributed by atoms with van der Waals surface area (Å²) in [5, 5.41) is 6.13. The number of rotatable bonds is 11. The van der Waals surface area contributed by atoms with E-state index in [0.717, 1.165) is 90.0 Å². The fourth-order valence-corrected chi connectivity index (χ4v) is 8.02. The molecule has 0 aliphatic carbocycles. The highest BCUT2D eigenvalue weighted by Crippen LogP contribution is 2.35. The summed E-state index contributed by atoms with van der Waals surface area (Å²) in [5.41, 5.74) is 5.97. The van der Waals surface area contributed by atoms with Gasteiger partial charge in [-0.05, 0) is 59.8 Å². The van der Waals surface area contributed by atoms with Crippen LogP contribution in [0.1, 0.15) is 77.1 Å². The molecule has 2 saturated heterocycles. The summed E-state index contributed by atoms with van der Waals surface area (Å²) in [6, 6.07) is 15.4. The second-order valence-electron chi connectivity index (χ2n) is 15.7. The van der Waals surface area contributed by atoms with E-state index in [4.69, 9.17) is 9.72 Å². The van der Waals surface area contributed by atoms with Gasteiger partial charge in [-0.2, -0.15) is 0 Å². The molecule has 2 aromatic heterocycles. The van der Waals surface area contributed by atoms with Crippen LogP contribution in [0.4, 0.5) is 4.79 Å². The Morgan fingerprint density at radius 3 is 1.61 bits per heavy atom. The number of aromatic nitrogens is 4. The van der Waals surface area contributed by atoms with Crippen LogP contribution >= 0.6 is 0 Å². The molecule has 0 radical (unpaired) electrons. The Morgan fingerprint density at radius 2 is 1.18 bits per heavy atom. The number of benzene rings is 2. The summed E-state index contributed by atoms with van der Waals surface area (Å²) in [6.07, 6.45) is 6.51. The molecule has 4 N–H and O–H groups in total. The van der Waals surface area contributed by atoms with Gasteiger partial charge in [0, 0.05) is 26.7 Å². The molecule has 0 saturated carbocycles. The van der Waals surface area contributed by atoms with Crippen LogP contribution in [-0.4, -0.2) is 111 Å². The van der Waals surface area contributed by atoms with Crippen molar-refractivity contribution in [3.05, 3.63) is 72.6 Å². The molecule has 14 nitrogen and oxygen atoms in total. The van der Waals surface area contributed by atoms with Crippen LogP contribution in [-0.2, 0) is 14.3 Å². The molecule has 1 unspecified atom stereocenters. The van der Waals surface area contributed by atoms with E-state index in [1.807, 2.05) is 43.1 Å². The number of hydrogen-bond acceptors (Lipinski definition) is 9. The lowest BCUT2D eigenvalue weighted by Crippen LogP contribution is -2.53. The van der Waals surface area contributed by atoms with Gasteiger partial charge in [0.25, 0.3) is 0 Å². The fraction of sp³-hybridized carbons (Fsp3) is 0.476. The molecule has 4 atom stereocenters. The topological polar surface area (TPSA) is 164 Å². The van der Waals surface area contributed by atoms with Gasteiger partial charge in [-0.1, -0.05) is 76.2 Å². The number of nitrogens with one attached hydrogen (secondary N) is 4. The Kier molecular flexibility index (Phi) is 11.4. The molecular weight excluding hydrogens is 709 g/mol. The maximum Gasteiger partial charge on any atom is 0.407 e. The highest BCUT2D eigenvalue weighted by Gasteiger charge is 2.39. The lowest BCUT2D eigenvalue weighted by atomic mass is 10.0. The molecule has 2 fully saturated rings. The molecule has 3 amide bonds. The summed E-state index contributed by atoms with van der Waals surface area (Å²) in [5.74, 6) is 2.30. The maximum absolute atomic E-state index is 13.9. The van der Waals surface area contributed by atoms with Crippen molar-refractivity contribution < 1.29 is 19.1 Å². The number of H-pyrrole nitrogens is 2. The number of ether oxygens (including phenoxy) is 1. The van der Waals surface area contributed by atoms with Crippen LogP contribution in [0, 0.1) is 11.8 Å². The number of aromatic amines is 2. The molecule has 2 aromatic carbocycles. The summed E-state index contributed by atoms with van der Waals surface area (Å²) < 4.78 is 4.76. The Balaban J connectivity index is 0.994. The molecule has 0 bridgehead atoms. The number of carbonyl (C=O) groups excluding carboxylic acids is 3. The lowest BCUT2D eigenvalue weighted by molar-refractivity contribution is -0.136. The largest absolute Gasteiger partial charge is 0.453 e. The third kappa shape index (κ3) is 8.00. The van der Waals surface area contributed by atoms with Crippen molar-refractivity contribution >= 4 is 23.9 Å². The molecule has 3 aliphatic heterocycles. The summed E-state index contributed by atoms with van der Waals surface area (Å²) in [4.78, 5) is 66.2. The van der Waals surface area contributed by atoms with Gasteiger partial charge in [0.1, 0.15) is 23.7 Å². The first-order valence-electron chi connectivity index (χ1n) is 19.8. The molecule has 14 heteroatoms. The van der Waals surface area contributed by atoms with Crippen LogP contribution in [0.25, 0.3) is 33.6 Å². The van der Waals surface area contributed by atoms with E-state index in [-0.39, 0.29) is 41.8 Å². The van der Waals surface area contributed by atoms with Gasteiger partial charge in [0.2, 0.25) is 11.8 Å². The Morgan fingerprint density at radius 1 is 0.714 bits per heavy atom. The van der Waals surface area contributed by atoms with Crippen LogP contribution in [0.15, 0.2) is 65.9 Å². The fourth-order valence-electron chi connectivity index (χ4n) is 8.02. The third-order valence-corrected chi connectivity index (χ3v) is 11.3. The first kappa shape index (κ1) is 38.6. The van der Waals surface area contributed by atoms with E-state index in [9.17, 15) is 14.4 Å². The molecule has 3 aliphatic rings. The lowest BCUT2D eigenvalue weighted by Gasteiger charge is -2.31. The summed E-state index contributed by atoms with van der Waals surface area (Å²) in [7, 11) is 3.30. The van der Waals surface area contributed by atoms with Crippen molar-refractivity contribution in [1.29, 1.82) is 0 Å². The standard InChI is InChI=1S/C42H54N10O4/c1-25(2)35(48-41-43-19-22-50(41)5)39(53)51-20-7-9-33(51)37-44-23-31(46-37)29-15-11-27(12-16-29)28-13-17-30(18-14-28)32-24-45-38(47-32)34-10-8-21-52(34)40(54)36(26(3)4)49-42(55)56-6/h11-18,23-26,33-36H,7-10,19-22H2,1-6H3,(H,43,48)(H,44,46)(H,45,47)(H,49,55)/t33-,34-,35+,36?/m0/s1. The minimum Gasteiger partial charge on any atom is -0.453 e. The number of hydrogen-bond donors (Lipinski definition) is 4. The second kappa shape index (κ2) is 16.6. The zero-order valence-corrected chi connectivity index (χ0v) is 33.2. The minimum atomic E-state index is -0.679. The van der Waals surface area contributed by atoms with Crippen LogP contribution in [0.2, 0.25) is 0 Å². The molecule has 296 valence electrons. The normalized spacial score (nSPS) is 19.4. The SMILES string of the molecule is COC(=O)NC(C(=O)N1CCC[C@H]1c1ncc(-c2ccc(-c3ccc(-c4cnc([C@@H]5CCCN5C(=O)[C@H](NC5=NCCN5C)C(C)C)[nH]4)cc3)cc2)[nH]1)C(C)C. The van der Waals surface area contributed by atoms with Gasteiger partial charge >= 0.3 is 6.09 Å². The number of methoxy groups -OCH3 is 1. The van der Waals surface area contributed by atoms with Crippen molar-refractivity contribution in [2.75, 3.05) is 40.3 Å². The Bertz CT molecular complexity index is 2040. The average molecular weight is 763 g/mol. The Hall–Kier alpha value is -5.66. The van der Waals surface area contributed by atoms with Crippen molar-refractivity contribution in [2.45, 2.75) is 77.5 Å². The number of nitrogens with zero attached hydrogens (tertiary/aromatic N) is 6. The number of guanidine groups is 1. The van der Waals surface area contributed by atoms with Crippen molar-refractivity contribution in [1.82, 2.24) is 45.3 Å². The third-order valence-electron chi connectivity index (χ3n) is 11.3. The molecule has 5 heterocycles. The number of imidazole rings is 2. The van der Waals surface area contributed by atoms with Gasteiger partial charge in [0.05, 0.1) is 49.5 Å². The van der Waals surface area contributed by atoms with Crippen LogP contribution in [0.5, 0.6) is 0 Å². The van der Waals surface area contributed by atoms with E-state index in [0.29, 0.717) is 13.1 Å². The quantitative estimate of drug-likeness (QED) is 0.150. The number of alkyl carbamates (subject to hydrolysis) is 1. The van der Waals surface area contributed by atoms with E-state index in [2.05, 4.69) is 97.9 Å². The number of amides is 3. The first-order chi connectivity index (χ1) is 27.0. The molecule has 56 heavy (non-hydrogen) atoms. The second-order valence-corrected chi connectivity index (χ2v) is 15.7. The highest BCUT2D eigenvalue weighted by molar-refractivity contribution is 5.90. The van der Waals surface area contributed by atoms with E-state index in [1.54, 1.807) is 0 Å². The van der Waals surface area contributed by atoms with Crippen molar-refractivity contribution in [2.24, 2.45) is 16.8 Å². The Labute approximate surface area is 328 Å². The van der Waals surface area contributed by atoms with Gasteiger partial charge in [0.15, 0.2) is 5.96 Å². The van der Waals surface area contributed by atoms with Gasteiger partial charge in [-0.25, -0.2) is 14.8 Å². The highest BCUT2D eigenvalue weighted by atomic mass is 16.5. The van der Waals surface area contributed by atoms with E-state index >= 15 is 0 Å². The monoisotopic (exact) mass is 762 g/mol. The number of likely N-dealkylation sites (N-methyl/N-ethyl adjacent to an activating group) is 1. The van der Waals surface area contributed by atoms with Gasteiger partial charge < -0.3 is 40.0 Å². The first-order valence-corrected chi connectivity index (χ1v) is 19.8. The number of carbonyl (C=O) groups is 3. The number of likely N-dealkylation sites (tertiary alicyclic amines) is 2. The van der Waals surface area contributed by atoms with Gasteiger partial charge in [-0.15, -0.1) is 0 Å². The molecule has 4 aromatic rings. The predicted molar refractivity (Wildman–Crippen MR) is 215 cm³/mol. The van der Waals surface area contributed by atoms with E-state index in [1.165, 1.54) is 7.11 Å². The molecule has 7 rings (SSSR count). The van der Waals surface area contributed by atoms with Crippen LogP contribution in [0.3, 0.4) is 0 Å². The maximum atomic E-state index is 13.9. The van der Waals surface area contributed by atoms with E-state index < -0.39 is 12.1 Å². The summed E-state index contributed by atoms with van der Waals surface area (Å²) in [6.45, 7) is 10.9. The van der Waals surface area contributed by atoms with Crippen LogP contribution < -0.4 is 10.6 Å². The number of aliphatic imine (C=N–C) groups is 1. The minimum absolute atomic E-state index is 0.0883.